The highest BCUT2D eigenvalue weighted by Crippen LogP contribution is 2.14. The molecule has 0 spiro atoms. The van der Waals surface area contributed by atoms with Crippen LogP contribution in [0.25, 0.3) is 0 Å². The molecule has 1 fully saturated rings. The molecule has 0 unspecified atom stereocenters. The minimum Gasteiger partial charge on any atom is -0.469 e. The first-order chi connectivity index (χ1) is 8.79. The van der Waals surface area contributed by atoms with E-state index in [4.69, 9.17) is 0 Å². The van der Waals surface area contributed by atoms with Gasteiger partial charge in [-0.3, -0.25) is 14.7 Å². The molecule has 2 rings (SSSR count). The smallest absolute Gasteiger partial charge is 0.306 e. The molecule has 5 nitrogen and oxygen atoms in total. The zero-order chi connectivity index (χ0) is 12.8. The number of methoxy groups -OCH3 is 1. The predicted molar refractivity (Wildman–Crippen MR) is 69.5 cm³/mol. The SMILES string of the molecule is COC(=O)CCN1CCN(c2ccncc2)CC1. The summed E-state index contributed by atoms with van der Waals surface area (Å²) < 4.78 is 4.65. The van der Waals surface area contributed by atoms with Gasteiger partial charge in [-0.2, -0.15) is 0 Å². The van der Waals surface area contributed by atoms with E-state index in [1.54, 1.807) is 0 Å². The molecule has 1 saturated heterocycles. The summed E-state index contributed by atoms with van der Waals surface area (Å²) in [6.07, 6.45) is 4.11. The van der Waals surface area contributed by atoms with Crippen molar-refractivity contribution in [1.82, 2.24) is 9.88 Å². The van der Waals surface area contributed by atoms with Gasteiger partial charge in [0.25, 0.3) is 0 Å². The van der Waals surface area contributed by atoms with Gasteiger partial charge < -0.3 is 9.64 Å². The molecule has 98 valence electrons. The topological polar surface area (TPSA) is 45.7 Å². The highest BCUT2D eigenvalue weighted by atomic mass is 16.5. The number of hydrogen-bond acceptors (Lipinski definition) is 5. The van der Waals surface area contributed by atoms with Gasteiger partial charge >= 0.3 is 5.97 Å². The Morgan fingerprint density at radius 2 is 1.94 bits per heavy atom. The summed E-state index contributed by atoms with van der Waals surface area (Å²) >= 11 is 0. The van der Waals surface area contributed by atoms with Crippen LogP contribution in [-0.2, 0) is 9.53 Å². The number of nitrogens with zero attached hydrogens (tertiary/aromatic N) is 3. The third kappa shape index (κ3) is 3.43. The average Bonchev–Trinajstić information content (AvgIpc) is 2.46. The van der Waals surface area contributed by atoms with E-state index < -0.39 is 0 Å². The van der Waals surface area contributed by atoms with Crippen molar-refractivity contribution in [3.63, 3.8) is 0 Å². The molecule has 0 amide bonds. The number of aromatic nitrogens is 1. The maximum absolute atomic E-state index is 11.1. The van der Waals surface area contributed by atoms with Gasteiger partial charge in [-0.25, -0.2) is 0 Å². The van der Waals surface area contributed by atoms with Crippen molar-refractivity contribution >= 4 is 11.7 Å². The van der Waals surface area contributed by atoms with Crippen LogP contribution >= 0.6 is 0 Å². The number of carbonyl (C=O) groups is 1. The van der Waals surface area contributed by atoms with Gasteiger partial charge in [-0.15, -0.1) is 0 Å². The van der Waals surface area contributed by atoms with Gasteiger partial charge in [0, 0.05) is 50.8 Å². The Bertz CT molecular complexity index is 375. The molecule has 0 bridgehead atoms. The van der Waals surface area contributed by atoms with Crippen molar-refractivity contribution in [3.8, 4) is 0 Å². The molecule has 18 heavy (non-hydrogen) atoms. The van der Waals surface area contributed by atoms with Crippen molar-refractivity contribution in [1.29, 1.82) is 0 Å². The van der Waals surface area contributed by atoms with Crippen molar-refractivity contribution < 1.29 is 9.53 Å². The molecule has 0 N–H and O–H groups in total. The van der Waals surface area contributed by atoms with E-state index in [-0.39, 0.29) is 5.97 Å². The molecule has 0 aliphatic carbocycles. The summed E-state index contributed by atoms with van der Waals surface area (Å²) in [5.41, 5.74) is 1.22. The summed E-state index contributed by atoms with van der Waals surface area (Å²) in [6, 6.07) is 4.06. The molecule has 0 atom stereocenters. The summed E-state index contributed by atoms with van der Waals surface area (Å²) in [5, 5.41) is 0. The van der Waals surface area contributed by atoms with Gasteiger partial charge in [0.1, 0.15) is 0 Å². The Labute approximate surface area is 107 Å². The Morgan fingerprint density at radius 1 is 1.28 bits per heavy atom. The van der Waals surface area contributed by atoms with Crippen LogP contribution in [-0.4, -0.2) is 55.7 Å². The number of esters is 1. The number of hydrogen-bond donors (Lipinski definition) is 0. The first-order valence-corrected chi connectivity index (χ1v) is 6.24. The van der Waals surface area contributed by atoms with E-state index in [1.165, 1.54) is 12.8 Å². The first-order valence-electron chi connectivity index (χ1n) is 6.24. The van der Waals surface area contributed by atoms with E-state index in [9.17, 15) is 4.79 Å². The Morgan fingerprint density at radius 3 is 2.56 bits per heavy atom. The van der Waals surface area contributed by atoms with E-state index in [2.05, 4.69) is 19.5 Å². The number of rotatable bonds is 4. The molecule has 0 saturated carbocycles. The molecule has 1 aromatic heterocycles. The van der Waals surface area contributed by atoms with Gasteiger partial charge in [0.05, 0.1) is 13.5 Å². The second kappa shape index (κ2) is 6.35. The second-order valence-electron chi connectivity index (χ2n) is 4.36. The summed E-state index contributed by atoms with van der Waals surface area (Å²) in [7, 11) is 1.43. The lowest BCUT2D eigenvalue weighted by Crippen LogP contribution is -2.46. The minimum absolute atomic E-state index is 0.133. The molecule has 2 heterocycles. The Hall–Kier alpha value is -1.62. The van der Waals surface area contributed by atoms with E-state index in [1.807, 2.05) is 24.5 Å². The van der Waals surface area contributed by atoms with Crippen LogP contribution < -0.4 is 4.90 Å². The maximum Gasteiger partial charge on any atom is 0.306 e. The van der Waals surface area contributed by atoms with Crippen LogP contribution in [0.2, 0.25) is 0 Å². The van der Waals surface area contributed by atoms with Gasteiger partial charge in [0.15, 0.2) is 0 Å². The van der Waals surface area contributed by atoms with Crippen molar-refractivity contribution in [3.05, 3.63) is 24.5 Å². The summed E-state index contributed by atoms with van der Waals surface area (Å²) in [5.74, 6) is -0.133. The number of pyridine rings is 1. The minimum atomic E-state index is -0.133. The van der Waals surface area contributed by atoms with E-state index in [0.29, 0.717) is 6.42 Å². The highest BCUT2D eigenvalue weighted by Gasteiger charge is 2.17. The fourth-order valence-corrected chi connectivity index (χ4v) is 2.14. The molecular weight excluding hydrogens is 230 g/mol. The normalized spacial score (nSPS) is 16.6. The zero-order valence-electron chi connectivity index (χ0n) is 10.7. The summed E-state index contributed by atoms with van der Waals surface area (Å²) in [6.45, 7) is 4.74. The Balaban J connectivity index is 1.76. The number of piperazine rings is 1. The second-order valence-corrected chi connectivity index (χ2v) is 4.36. The van der Waals surface area contributed by atoms with Gasteiger partial charge in [-0.1, -0.05) is 0 Å². The van der Waals surface area contributed by atoms with Crippen LogP contribution in [0.3, 0.4) is 0 Å². The lowest BCUT2D eigenvalue weighted by atomic mass is 10.2. The lowest BCUT2D eigenvalue weighted by Gasteiger charge is -2.35. The van der Waals surface area contributed by atoms with Crippen molar-refractivity contribution in [2.24, 2.45) is 0 Å². The van der Waals surface area contributed by atoms with Crippen LogP contribution in [0.5, 0.6) is 0 Å². The largest absolute Gasteiger partial charge is 0.469 e. The maximum atomic E-state index is 11.1. The molecule has 1 aromatic rings. The quantitative estimate of drug-likeness (QED) is 0.737. The zero-order valence-corrected chi connectivity index (χ0v) is 10.7. The van der Waals surface area contributed by atoms with Crippen LogP contribution in [0.1, 0.15) is 6.42 Å². The Kier molecular flexibility index (Phi) is 4.52. The lowest BCUT2D eigenvalue weighted by molar-refractivity contribution is -0.141. The molecular formula is C13H19N3O2. The number of ether oxygens (including phenoxy) is 1. The average molecular weight is 249 g/mol. The fourth-order valence-electron chi connectivity index (χ4n) is 2.14. The van der Waals surface area contributed by atoms with E-state index in [0.717, 1.165) is 32.7 Å². The van der Waals surface area contributed by atoms with Crippen LogP contribution in [0.15, 0.2) is 24.5 Å². The summed E-state index contributed by atoms with van der Waals surface area (Å²) in [4.78, 5) is 19.7. The number of carbonyl (C=O) groups excluding carboxylic acids is 1. The molecule has 5 heteroatoms. The highest BCUT2D eigenvalue weighted by molar-refractivity contribution is 5.69. The third-order valence-corrected chi connectivity index (χ3v) is 3.26. The third-order valence-electron chi connectivity index (χ3n) is 3.26. The molecule has 0 aromatic carbocycles. The standard InChI is InChI=1S/C13H19N3O2/c1-18-13(17)4-7-15-8-10-16(11-9-15)12-2-5-14-6-3-12/h2-3,5-6H,4,7-11H2,1H3. The van der Waals surface area contributed by atoms with Gasteiger partial charge in [-0.05, 0) is 12.1 Å². The molecule has 1 aliphatic heterocycles. The molecule has 0 radical (unpaired) electrons. The van der Waals surface area contributed by atoms with Crippen LogP contribution in [0, 0.1) is 0 Å². The fraction of sp³-hybridized carbons (Fsp3) is 0.538. The first kappa shape index (κ1) is 12.8. The van der Waals surface area contributed by atoms with Crippen LogP contribution in [0.4, 0.5) is 5.69 Å². The van der Waals surface area contributed by atoms with Crippen molar-refractivity contribution in [2.75, 3.05) is 44.7 Å². The monoisotopic (exact) mass is 249 g/mol. The van der Waals surface area contributed by atoms with E-state index >= 15 is 0 Å². The predicted octanol–water partition coefficient (Wildman–Crippen LogP) is 0.767. The van der Waals surface area contributed by atoms with Gasteiger partial charge in [0.2, 0.25) is 0 Å². The molecule has 1 aliphatic rings. The van der Waals surface area contributed by atoms with Crippen molar-refractivity contribution in [2.45, 2.75) is 6.42 Å². The number of anilines is 1.